The maximum atomic E-state index is 12.7. The second-order valence-corrected chi connectivity index (χ2v) is 19.8. The predicted molar refractivity (Wildman–Crippen MR) is 320 cm³/mol. The lowest BCUT2D eigenvalue weighted by Gasteiger charge is -2.19. The molecule has 0 amide bonds. The Labute approximate surface area is 458 Å². The molecule has 0 heterocycles. The standard InChI is InChI=1S/C65H104NO8P/c1-3-5-7-9-11-13-15-17-19-21-23-25-27-28-29-30-31-32-33-34-36-38-40-42-44-46-48-50-52-54-56-58-65(68)74-63(62-73-75(69,70)72-60-59-66)61-71-64(67)57-55-53-51-49-47-45-43-41-39-37-35-26-24-22-20-18-16-14-12-10-8-6-4-2/h5-8,11-14,17-20,23-26,28-29,31-32,34,36-37,39-40,42,63H,3-4,9-10,15-16,21-22,27,30,33,35,38,41,43-62,66H2,1-2H3,(H,69,70)/b7-5-,8-6-,13-11-,14-12-,19-17-,20-18-,25-23-,26-24-,29-28-,32-31-,36-34-,39-37-,42-40-. The van der Waals surface area contributed by atoms with E-state index in [9.17, 15) is 19.0 Å². The molecule has 0 aromatic carbocycles. The predicted octanol–water partition coefficient (Wildman–Crippen LogP) is 18.5. The van der Waals surface area contributed by atoms with Crippen LogP contribution in [0.1, 0.15) is 206 Å². The number of hydrogen-bond donors (Lipinski definition) is 2. The molecule has 0 saturated carbocycles. The molecule has 0 radical (unpaired) electrons. The van der Waals surface area contributed by atoms with Gasteiger partial charge in [-0.1, -0.05) is 230 Å². The van der Waals surface area contributed by atoms with E-state index < -0.39 is 32.5 Å². The Balaban J connectivity index is 4.11. The van der Waals surface area contributed by atoms with Crippen LogP contribution in [-0.4, -0.2) is 49.3 Å². The quantitative estimate of drug-likeness (QED) is 0.0264. The summed E-state index contributed by atoms with van der Waals surface area (Å²) in [6, 6.07) is 0. The van der Waals surface area contributed by atoms with Gasteiger partial charge in [-0.2, -0.15) is 0 Å². The lowest BCUT2D eigenvalue weighted by atomic mass is 10.1. The molecular weight excluding hydrogens is 954 g/mol. The number of nitrogens with two attached hydrogens (primary N) is 1. The van der Waals surface area contributed by atoms with Crippen molar-refractivity contribution in [2.45, 2.75) is 213 Å². The zero-order valence-corrected chi connectivity index (χ0v) is 47.9. The van der Waals surface area contributed by atoms with Gasteiger partial charge in [-0.3, -0.25) is 18.6 Å². The van der Waals surface area contributed by atoms with Crippen LogP contribution in [0.3, 0.4) is 0 Å². The molecule has 2 unspecified atom stereocenters. The van der Waals surface area contributed by atoms with Crippen LogP contribution in [0, 0.1) is 0 Å². The van der Waals surface area contributed by atoms with Gasteiger partial charge in [-0.25, -0.2) is 4.57 Å². The molecule has 0 aliphatic heterocycles. The topological polar surface area (TPSA) is 134 Å². The summed E-state index contributed by atoms with van der Waals surface area (Å²) in [5.41, 5.74) is 5.38. The van der Waals surface area contributed by atoms with Gasteiger partial charge in [0.25, 0.3) is 0 Å². The minimum absolute atomic E-state index is 0.0396. The molecule has 422 valence electrons. The summed E-state index contributed by atoms with van der Waals surface area (Å²) >= 11 is 0. The molecule has 0 aliphatic rings. The van der Waals surface area contributed by atoms with Crippen LogP contribution < -0.4 is 5.73 Å². The van der Waals surface area contributed by atoms with Gasteiger partial charge in [0.2, 0.25) is 0 Å². The summed E-state index contributed by atoms with van der Waals surface area (Å²) in [6.45, 7) is 3.46. The van der Waals surface area contributed by atoms with Crippen LogP contribution in [0.2, 0.25) is 0 Å². The van der Waals surface area contributed by atoms with Crippen molar-refractivity contribution in [3.05, 3.63) is 158 Å². The molecule has 0 fully saturated rings. The third kappa shape index (κ3) is 58.7. The van der Waals surface area contributed by atoms with Crippen molar-refractivity contribution in [3.8, 4) is 0 Å². The molecule has 0 bridgehead atoms. The van der Waals surface area contributed by atoms with Crippen molar-refractivity contribution in [2.24, 2.45) is 5.73 Å². The minimum atomic E-state index is -4.41. The summed E-state index contributed by atoms with van der Waals surface area (Å²) in [6.07, 6.45) is 85.7. The number of phosphoric ester groups is 1. The fourth-order valence-corrected chi connectivity index (χ4v) is 7.97. The molecule has 0 spiro atoms. The van der Waals surface area contributed by atoms with E-state index in [-0.39, 0.29) is 32.6 Å². The van der Waals surface area contributed by atoms with Gasteiger partial charge in [-0.05, 0) is 122 Å². The lowest BCUT2D eigenvalue weighted by Crippen LogP contribution is -2.29. The molecule has 0 saturated heterocycles. The number of allylic oxidation sites excluding steroid dienone is 26. The molecule has 9 nitrogen and oxygen atoms in total. The third-order valence-electron chi connectivity index (χ3n) is 11.4. The number of phosphoric acid groups is 1. The number of hydrogen-bond acceptors (Lipinski definition) is 8. The Morgan fingerprint density at radius 1 is 0.400 bits per heavy atom. The highest BCUT2D eigenvalue weighted by atomic mass is 31.2. The van der Waals surface area contributed by atoms with E-state index in [1.165, 1.54) is 19.3 Å². The Hall–Kier alpha value is -4.37. The highest BCUT2D eigenvalue weighted by molar-refractivity contribution is 7.47. The van der Waals surface area contributed by atoms with Gasteiger partial charge >= 0.3 is 19.8 Å². The zero-order chi connectivity index (χ0) is 54.5. The first-order valence-corrected chi connectivity index (χ1v) is 30.5. The van der Waals surface area contributed by atoms with Crippen LogP contribution >= 0.6 is 7.82 Å². The number of carbonyl (C=O) groups is 2. The fraction of sp³-hybridized carbons (Fsp3) is 0.569. The van der Waals surface area contributed by atoms with Crippen LogP contribution in [-0.2, 0) is 32.7 Å². The van der Waals surface area contributed by atoms with Gasteiger partial charge in [0.05, 0.1) is 13.2 Å². The highest BCUT2D eigenvalue weighted by Crippen LogP contribution is 2.43. The average molecular weight is 1060 g/mol. The molecule has 75 heavy (non-hydrogen) atoms. The first-order chi connectivity index (χ1) is 36.8. The molecule has 0 aromatic heterocycles. The maximum absolute atomic E-state index is 12.7. The van der Waals surface area contributed by atoms with Gasteiger partial charge in [0, 0.05) is 19.4 Å². The number of rotatable bonds is 52. The van der Waals surface area contributed by atoms with E-state index in [1.54, 1.807) is 0 Å². The van der Waals surface area contributed by atoms with Crippen molar-refractivity contribution in [3.63, 3.8) is 0 Å². The number of esters is 2. The van der Waals surface area contributed by atoms with Crippen molar-refractivity contribution < 1.29 is 37.6 Å². The molecular formula is C65H104NO8P. The van der Waals surface area contributed by atoms with Crippen LogP contribution in [0.4, 0.5) is 0 Å². The van der Waals surface area contributed by atoms with Crippen molar-refractivity contribution >= 4 is 19.8 Å². The summed E-state index contributed by atoms with van der Waals surface area (Å²) in [4.78, 5) is 35.2. The van der Waals surface area contributed by atoms with E-state index >= 15 is 0 Å². The second-order valence-electron chi connectivity index (χ2n) is 18.4. The van der Waals surface area contributed by atoms with E-state index in [4.69, 9.17) is 24.3 Å². The summed E-state index contributed by atoms with van der Waals surface area (Å²) in [5.74, 6) is -0.871. The Morgan fingerprint density at radius 3 is 1.03 bits per heavy atom. The Morgan fingerprint density at radius 2 is 0.693 bits per heavy atom. The van der Waals surface area contributed by atoms with E-state index in [1.807, 2.05) is 0 Å². The number of ether oxygens (including phenoxy) is 2. The second kappa shape index (κ2) is 58.9. The summed E-state index contributed by atoms with van der Waals surface area (Å²) < 4.78 is 33.0. The van der Waals surface area contributed by atoms with Crippen LogP contribution in [0.5, 0.6) is 0 Å². The molecule has 10 heteroatoms. The minimum Gasteiger partial charge on any atom is -0.462 e. The smallest absolute Gasteiger partial charge is 0.462 e. The van der Waals surface area contributed by atoms with Crippen LogP contribution in [0.25, 0.3) is 0 Å². The number of carbonyl (C=O) groups excluding carboxylic acids is 2. The van der Waals surface area contributed by atoms with Crippen molar-refractivity contribution in [1.82, 2.24) is 0 Å². The SMILES string of the molecule is CC/C=C\C/C=C\C/C=C\C/C=C\C/C=C\C/C=C\C/C=C\C/C=C\CCCCCCCCC(=O)OC(COC(=O)CCCCCCCCC/C=C\C/C=C\C/C=C\C/C=C\C/C=C\CC)COP(=O)(O)OCCN. The Kier molecular flexibility index (Phi) is 55.5. The normalized spacial score (nSPS) is 14.2. The van der Waals surface area contributed by atoms with Gasteiger partial charge in [0.15, 0.2) is 6.10 Å². The monoisotopic (exact) mass is 1060 g/mol. The van der Waals surface area contributed by atoms with E-state index in [0.717, 1.165) is 148 Å². The highest BCUT2D eigenvalue weighted by Gasteiger charge is 2.26. The van der Waals surface area contributed by atoms with Gasteiger partial charge < -0.3 is 20.1 Å². The van der Waals surface area contributed by atoms with Crippen molar-refractivity contribution in [1.29, 1.82) is 0 Å². The van der Waals surface area contributed by atoms with Crippen molar-refractivity contribution in [2.75, 3.05) is 26.4 Å². The number of unbranched alkanes of at least 4 members (excludes halogenated alkanes) is 13. The first kappa shape index (κ1) is 70.6. The third-order valence-corrected chi connectivity index (χ3v) is 12.4. The summed E-state index contributed by atoms with van der Waals surface area (Å²) in [5, 5.41) is 0. The van der Waals surface area contributed by atoms with Crippen LogP contribution in [0.15, 0.2) is 158 Å². The Bertz CT molecular complexity index is 1780. The van der Waals surface area contributed by atoms with E-state index in [2.05, 4.69) is 172 Å². The molecule has 0 aromatic rings. The fourth-order valence-electron chi connectivity index (χ4n) is 7.21. The molecule has 3 N–H and O–H groups in total. The largest absolute Gasteiger partial charge is 0.472 e. The lowest BCUT2D eigenvalue weighted by molar-refractivity contribution is -0.161. The van der Waals surface area contributed by atoms with Gasteiger partial charge in [-0.15, -0.1) is 0 Å². The molecule has 0 rings (SSSR count). The zero-order valence-electron chi connectivity index (χ0n) is 47.0. The summed E-state index contributed by atoms with van der Waals surface area (Å²) in [7, 11) is -4.41. The average Bonchev–Trinajstić information content (AvgIpc) is 3.40. The van der Waals surface area contributed by atoms with Gasteiger partial charge in [0.1, 0.15) is 6.61 Å². The van der Waals surface area contributed by atoms with E-state index in [0.29, 0.717) is 12.8 Å². The maximum Gasteiger partial charge on any atom is 0.472 e. The molecule has 0 aliphatic carbocycles. The first-order valence-electron chi connectivity index (χ1n) is 29.0. The molecule has 2 atom stereocenters.